The molecule has 0 aliphatic carbocycles. The largest absolute Gasteiger partial charge is 0.376 e. The molecule has 144 valence electrons. The fraction of sp³-hybridized carbons (Fsp3) is 0.316. The summed E-state index contributed by atoms with van der Waals surface area (Å²) >= 11 is 0. The molecular weight excluding hydrogens is 369 g/mol. The summed E-state index contributed by atoms with van der Waals surface area (Å²) in [6.07, 6.45) is 1.10. The number of ether oxygens (including phenoxy) is 1. The molecule has 1 fully saturated rings. The van der Waals surface area contributed by atoms with Crippen molar-refractivity contribution in [3.05, 3.63) is 70.5 Å². The Kier molecular flexibility index (Phi) is 5.74. The minimum atomic E-state index is -2.05. The fourth-order valence-electron chi connectivity index (χ4n) is 3.01. The van der Waals surface area contributed by atoms with E-state index in [0.29, 0.717) is 24.7 Å². The fourth-order valence-corrected chi connectivity index (χ4v) is 3.01. The number of halogens is 5. The first-order valence-electron chi connectivity index (χ1n) is 8.35. The maximum atomic E-state index is 14.0. The third kappa shape index (κ3) is 4.27. The van der Waals surface area contributed by atoms with Crippen LogP contribution in [-0.2, 0) is 11.3 Å². The lowest BCUT2D eigenvalue weighted by atomic mass is 10.1. The summed E-state index contributed by atoms with van der Waals surface area (Å²) in [5.74, 6) is -9.04. The zero-order chi connectivity index (χ0) is 19.6. The summed E-state index contributed by atoms with van der Waals surface area (Å²) in [4.78, 5) is 13.9. The van der Waals surface area contributed by atoms with E-state index in [1.807, 2.05) is 0 Å². The third-order valence-electron chi connectivity index (χ3n) is 4.33. The van der Waals surface area contributed by atoms with Gasteiger partial charge in [-0.1, -0.05) is 12.1 Å². The molecule has 1 aliphatic rings. The number of hydrogen-bond donors (Lipinski definition) is 0. The quantitative estimate of drug-likeness (QED) is 0.439. The minimum absolute atomic E-state index is 0.0232. The number of carbonyl (C=O) groups is 1. The highest BCUT2D eigenvalue weighted by Crippen LogP contribution is 2.23. The van der Waals surface area contributed by atoms with Crippen molar-refractivity contribution in [3.8, 4) is 0 Å². The maximum Gasteiger partial charge on any atom is 0.257 e. The van der Waals surface area contributed by atoms with Crippen LogP contribution in [0.3, 0.4) is 0 Å². The Balaban J connectivity index is 1.92. The van der Waals surface area contributed by atoms with E-state index in [9.17, 15) is 26.7 Å². The summed E-state index contributed by atoms with van der Waals surface area (Å²) in [7, 11) is 0. The van der Waals surface area contributed by atoms with Crippen LogP contribution in [0.4, 0.5) is 22.0 Å². The first kappa shape index (κ1) is 19.3. The Morgan fingerprint density at radius 2 is 1.85 bits per heavy atom. The maximum absolute atomic E-state index is 14.0. The van der Waals surface area contributed by atoms with Crippen molar-refractivity contribution in [2.24, 2.45) is 0 Å². The van der Waals surface area contributed by atoms with E-state index in [4.69, 9.17) is 4.74 Å². The van der Waals surface area contributed by atoms with Crippen molar-refractivity contribution in [1.82, 2.24) is 4.90 Å². The Labute approximate surface area is 152 Å². The SMILES string of the molecule is O=C(c1cc(F)c(F)c(F)c1F)N(Cc1cccc(F)c1)CC1CCCO1. The molecule has 1 aliphatic heterocycles. The van der Waals surface area contributed by atoms with Gasteiger partial charge in [0.15, 0.2) is 23.3 Å². The first-order valence-corrected chi connectivity index (χ1v) is 8.35. The molecule has 1 saturated heterocycles. The van der Waals surface area contributed by atoms with Crippen LogP contribution in [0.25, 0.3) is 0 Å². The normalized spacial score (nSPS) is 16.6. The number of carbonyl (C=O) groups excluding carboxylic acids is 1. The lowest BCUT2D eigenvalue weighted by Crippen LogP contribution is -2.37. The van der Waals surface area contributed by atoms with Crippen LogP contribution >= 0.6 is 0 Å². The predicted octanol–water partition coefficient (Wildman–Crippen LogP) is 4.20. The molecular formula is C19H16F5NO2. The highest BCUT2D eigenvalue weighted by molar-refractivity contribution is 5.94. The molecule has 1 unspecified atom stereocenters. The summed E-state index contributed by atoms with van der Waals surface area (Å²) in [6.45, 7) is 0.396. The van der Waals surface area contributed by atoms with E-state index in [-0.39, 0.29) is 19.2 Å². The topological polar surface area (TPSA) is 29.5 Å². The van der Waals surface area contributed by atoms with Gasteiger partial charge in [0.25, 0.3) is 5.91 Å². The van der Waals surface area contributed by atoms with Crippen LogP contribution in [0.2, 0.25) is 0 Å². The Morgan fingerprint density at radius 1 is 1.07 bits per heavy atom. The van der Waals surface area contributed by atoms with Crippen molar-refractivity contribution in [2.75, 3.05) is 13.2 Å². The molecule has 3 rings (SSSR count). The van der Waals surface area contributed by atoms with Crippen LogP contribution in [0.15, 0.2) is 30.3 Å². The van der Waals surface area contributed by atoms with E-state index in [0.717, 1.165) is 11.3 Å². The number of rotatable bonds is 5. The number of hydrogen-bond acceptors (Lipinski definition) is 2. The van der Waals surface area contributed by atoms with Gasteiger partial charge in [-0.05, 0) is 36.6 Å². The highest BCUT2D eigenvalue weighted by Gasteiger charge is 2.29. The summed E-state index contributed by atoms with van der Waals surface area (Å²) in [5, 5.41) is 0. The van der Waals surface area contributed by atoms with Gasteiger partial charge in [0.1, 0.15) is 5.82 Å². The van der Waals surface area contributed by atoms with E-state index >= 15 is 0 Å². The van der Waals surface area contributed by atoms with Crippen molar-refractivity contribution in [3.63, 3.8) is 0 Å². The van der Waals surface area contributed by atoms with E-state index in [2.05, 4.69) is 0 Å². The number of nitrogens with zero attached hydrogens (tertiary/aromatic N) is 1. The monoisotopic (exact) mass is 385 g/mol. The van der Waals surface area contributed by atoms with Gasteiger partial charge >= 0.3 is 0 Å². The van der Waals surface area contributed by atoms with Crippen molar-refractivity contribution in [2.45, 2.75) is 25.5 Å². The highest BCUT2D eigenvalue weighted by atomic mass is 19.2. The van der Waals surface area contributed by atoms with Crippen LogP contribution in [0.5, 0.6) is 0 Å². The van der Waals surface area contributed by atoms with Gasteiger partial charge in [-0.25, -0.2) is 22.0 Å². The smallest absolute Gasteiger partial charge is 0.257 e. The van der Waals surface area contributed by atoms with Gasteiger partial charge < -0.3 is 9.64 Å². The molecule has 8 heteroatoms. The second kappa shape index (κ2) is 8.04. The van der Waals surface area contributed by atoms with Gasteiger partial charge in [0, 0.05) is 19.7 Å². The van der Waals surface area contributed by atoms with Crippen LogP contribution < -0.4 is 0 Å². The van der Waals surface area contributed by atoms with Crippen LogP contribution in [-0.4, -0.2) is 30.1 Å². The summed E-state index contributed by atoms with van der Waals surface area (Å²) < 4.78 is 73.1. The van der Waals surface area contributed by atoms with Gasteiger partial charge in [0.2, 0.25) is 0 Å². The molecule has 0 radical (unpaired) electrons. The number of amides is 1. The standard InChI is InChI=1S/C19H16F5NO2/c20-12-4-1-3-11(7-12)9-25(10-13-5-2-6-27-13)19(26)14-8-15(21)17(23)18(24)16(14)22/h1,3-4,7-8,13H,2,5-6,9-10H2. The predicted molar refractivity (Wildman–Crippen MR) is 86.4 cm³/mol. The zero-order valence-electron chi connectivity index (χ0n) is 14.2. The molecule has 1 amide bonds. The van der Waals surface area contributed by atoms with E-state index in [1.54, 1.807) is 6.07 Å². The Morgan fingerprint density at radius 3 is 2.52 bits per heavy atom. The third-order valence-corrected chi connectivity index (χ3v) is 4.33. The minimum Gasteiger partial charge on any atom is -0.376 e. The van der Waals surface area contributed by atoms with Gasteiger partial charge in [-0.15, -0.1) is 0 Å². The second-order valence-electron chi connectivity index (χ2n) is 6.30. The van der Waals surface area contributed by atoms with Crippen LogP contribution in [0.1, 0.15) is 28.8 Å². The molecule has 3 nitrogen and oxygen atoms in total. The lowest BCUT2D eigenvalue weighted by molar-refractivity contribution is 0.0502. The molecule has 0 bridgehead atoms. The van der Waals surface area contributed by atoms with Crippen molar-refractivity contribution >= 4 is 5.91 Å². The molecule has 1 heterocycles. The zero-order valence-corrected chi connectivity index (χ0v) is 14.2. The average Bonchev–Trinajstić information content (AvgIpc) is 3.15. The molecule has 2 aromatic carbocycles. The van der Waals surface area contributed by atoms with Gasteiger partial charge in [0.05, 0.1) is 11.7 Å². The Bertz CT molecular complexity index is 852. The first-order chi connectivity index (χ1) is 12.9. The second-order valence-corrected chi connectivity index (χ2v) is 6.30. The van der Waals surface area contributed by atoms with Crippen molar-refractivity contribution < 1.29 is 31.5 Å². The van der Waals surface area contributed by atoms with Crippen LogP contribution in [0, 0.1) is 29.1 Å². The molecule has 0 aromatic heterocycles. The number of benzene rings is 2. The molecule has 27 heavy (non-hydrogen) atoms. The molecule has 1 atom stereocenters. The van der Waals surface area contributed by atoms with Crippen molar-refractivity contribution in [1.29, 1.82) is 0 Å². The van der Waals surface area contributed by atoms with Gasteiger partial charge in [-0.2, -0.15) is 0 Å². The summed E-state index contributed by atoms with van der Waals surface area (Å²) in [5.41, 5.74) is -0.523. The average molecular weight is 385 g/mol. The molecule has 0 saturated carbocycles. The van der Waals surface area contributed by atoms with Gasteiger partial charge in [-0.3, -0.25) is 4.79 Å². The van der Waals surface area contributed by atoms with E-state index < -0.39 is 40.6 Å². The molecule has 0 N–H and O–H groups in total. The molecule has 0 spiro atoms. The Hall–Kier alpha value is -2.48. The summed E-state index contributed by atoms with van der Waals surface area (Å²) in [6, 6.07) is 5.74. The lowest BCUT2D eigenvalue weighted by Gasteiger charge is -2.26. The van der Waals surface area contributed by atoms with E-state index in [1.165, 1.54) is 18.2 Å². The molecule has 2 aromatic rings.